The largest absolute Gasteiger partial charge is 0.494 e. The first-order chi connectivity index (χ1) is 20.0. The van der Waals surface area contributed by atoms with E-state index in [9.17, 15) is 27.2 Å². The van der Waals surface area contributed by atoms with Gasteiger partial charge in [-0.15, -0.1) is 0 Å². The fraction of sp³-hybridized carbons (Fsp3) is 0.267. The number of nitrogens with one attached hydrogen (secondary N) is 1. The summed E-state index contributed by atoms with van der Waals surface area (Å²) in [6.45, 7) is 0.225. The van der Waals surface area contributed by atoms with Gasteiger partial charge in [-0.25, -0.2) is 13.6 Å². The van der Waals surface area contributed by atoms with Crippen molar-refractivity contribution in [3.05, 3.63) is 122 Å². The number of halogens is 5. The molecule has 12 heteroatoms. The molecule has 0 aliphatic rings. The third-order valence-electron chi connectivity index (χ3n) is 6.80. The summed E-state index contributed by atoms with van der Waals surface area (Å²) < 4.78 is 78.3. The van der Waals surface area contributed by atoms with Gasteiger partial charge in [0.2, 0.25) is 0 Å². The second kappa shape index (κ2) is 13.6. The molecule has 0 saturated carbocycles. The lowest BCUT2D eigenvalue weighted by molar-refractivity contribution is -0.138. The van der Waals surface area contributed by atoms with E-state index < -0.39 is 52.8 Å². The maximum atomic E-state index is 15.4. The molecule has 3 N–H and O–H groups in total. The van der Waals surface area contributed by atoms with Gasteiger partial charge >= 0.3 is 11.9 Å². The minimum absolute atomic E-state index is 0.129. The van der Waals surface area contributed by atoms with Crippen molar-refractivity contribution in [1.29, 1.82) is 0 Å². The number of hydrogen-bond acceptors (Lipinski definition) is 5. The second-order valence-corrected chi connectivity index (χ2v) is 9.08. The predicted octanol–water partition coefficient (Wildman–Crippen LogP) is 4.87. The van der Waals surface area contributed by atoms with Crippen LogP contribution in [-0.4, -0.2) is 30.3 Å². The number of nitrogens with zero attached hydrogens (tertiary/aromatic N) is 2. The SMILES string of the molecule is CN.CN[C@@H](Cn1c(=O)c(-c2cccc(OC)c2F)c(C)n(Cc2c(F)cccc2C(F)(F)F)c1=O)c1ccccc1. The van der Waals surface area contributed by atoms with Crippen molar-refractivity contribution in [3.63, 3.8) is 0 Å². The summed E-state index contributed by atoms with van der Waals surface area (Å²) in [5.41, 5.74) is 0.757. The van der Waals surface area contributed by atoms with Crippen LogP contribution in [0.1, 0.15) is 28.4 Å². The van der Waals surface area contributed by atoms with Gasteiger partial charge in [0.1, 0.15) is 5.82 Å². The van der Waals surface area contributed by atoms with E-state index in [0.29, 0.717) is 6.07 Å². The van der Waals surface area contributed by atoms with Crippen molar-refractivity contribution in [3.8, 4) is 16.9 Å². The highest BCUT2D eigenvalue weighted by Crippen LogP contribution is 2.34. The number of rotatable bonds is 8. The Morgan fingerprint density at radius 3 is 2.17 bits per heavy atom. The Labute approximate surface area is 239 Å². The first-order valence-electron chi connectivity index (χ1n) is 12.8. The monoisotopic (exact) mass is 590 g/mol. The van der Waals surface area contributed by atoms with Gasteiger partial charge in [-0.1, -0.05) is 48.5 Å². The molecule has 0 aliphatic carbocycles. The van der Waals surface area contributed by atoms with Crippen LogP contribution in [0.15, 0.2) is 76.3 Å². The van der Waals surface area contributed by atoms with Crippen LogP contribution >= 0.6 is 0 Å². The molecule has 0 aliphatic heterocycles. The van der Waals surface area contributed by atoms with E-state index in [4.69, 9.17) is 4.74 Å². The van der Waals surface area contributed by atoms with Crippen LogP contribution in [0.2, 0.25) is 0 Å². The molecule has 0 saturated heterocycles. The Hall–Kier alpha value is -4.29. The van der Waals surface area contributed by atoms with Crippen LogP contribution in [0.5, 0.6) is 5.75 Å². The predicted molar refractivity (Wildman–Crippen MR) is 151 cm³/mol. The molecule has 0 fully saturated rings. The Kier molecular flexibility index (Phi) is 10.4. The summed E-state index contributed by atoms with van der Waals surface area (Å²) in [7, 11) is 4.36. The van der Waals surface area contributed by atoms with Gasteiger partial charge < -0.3 is 15.8 Å². The number of methoxy groups -OCH3 is 1. The van der Waals surface area contributed by atoms with Crippen molar-refractivity contribution in [2.24, 2.45) is 5.73 Å². The lowest BCUT2D eigenvalue weighted by Gasteiger charge is -2.23. The number of nitrogens with two attached hydrogens (primary N) is 1. The molecule has 1 atom stereocenters. The van der Waals surface area contributed by atoms with Crippen molar-refractivity contribution >= 4 is 0 Å². The molecule has 0 bridgehead atoms. The first-order valence-corrected chi connectivity index (χ1v) is 12.8. The molecule has 4 rings (SSSR count). The van der Waals surface area contributed by atoms with Crippen LogP contribution < -0.4 is 27.0 Å². The molecule has 0 amide bonds. The van der Waals surface area contributed by atoms with Crippen LogP contribution in [0, 0.1) is 18.6 Å². The molecule has 4 aromatic rings. The Balaban J connectivity index is 0.00000237. The van der Waals surface area contributed by atoms with Crippen LogP contribution in [0.4, 0.5) is 22.0 Å². The lowest BCUT2D eigenvalue weighted by atomic mass is 10.0. The molecule has 0 radical (unpaired) electrons. The number of benzene rings is 3. The van der Waals surface area contributed by atoms with E-state index >= 15 is 4.39 Å². The molecule has 0 spiro atoms. The molecule has 224 valence electrons. The van der Waals surface area contributed by atoms with Crippen molar-refractivity contribution in [1.82, 2.24) is 14.5 Å². The summed E-state index contributed by atoms with van der Waals surface area (Å²) >= 11 is 0. The molecule has 42 heavy (non-hydrogen) atoms. The molecular weight excluding hydrogens is 559 g/mol. The summed E-state index contributed by atoms with van der Waals surface area (Å²) in [5, 5.41) is 3.02. The average molecular weight is 591 g/mol. The van der Waals surface area contributed by atoms with Gasteiger partial charge in [-0.2, -0.15) is 13.2 Å². The molecule has 1 aromatic heterocycles. The minimum atomic E-state index is -4.91. The van der Waals surface area contributed by atoms with Crippen molar-refractivity contribution < 1.29 is 26.7 Å². The van der Waals surface area contributed by atoms with E-state index in [1.165, 1.54) is 39.3 Å². The molecule has 0 unspecified atom stereocenters. The van der Waals surface area contributed by atoms with Crippen molar-refractivity contribution in [2.45, 2.75) is 32.2 Å². The van der Waals surface area contributed by atoms with E-state index in [-0.39, 0.29) is 29.1 Å². The third-order valence-corrected chi connectivity index (χ3v) is 6.80. The highest BCUT2D eigenvalue weighted by molar-refractivity contribution is 5.67. The molecule has 3 aromatic carbocycles. The summed E-state index contributed by atoms with van der Waals surface area (Å²) in [4.78, 5) is 27.5. The Morgan fingerprint density at radius 1 is 0.929 bits per heavy atom. The highest BCUT2D eigenvalue weighted by atomic mass is 19.4. The van der Waals surface area contributed by atoms with Gasteiger partial charge in [0, 0.05) is 16.8 Å². The van der Waals surface area contributed by atoms with Crippen LogP contribution in [0.25, 0.3) is 11.1 Å². The van der Waals surface area contributed by atoms with Gasteiger partial charge in [0.15, 0.2) is 11.6 Å². The van der Waals surface area contributed by atoms with Crippen LogP contribution in [-0.2, 0) is 19.3 Å². The van der Waals surface area contributed by atoms with E-state index in [1.807, 2.05) is 0 Å². The zero-order valence-corrected chi connectivity index (χ0v) is 23.4. The summed E-state index contributed by atoms with van der Waals surface area (Å²) in [6.07, 6.45) is -4.91. The third kappa shape index (κ3) is 6.44. The Bertz CT molecular complexity index is 1650. The minimum Gasteiger partial charge on any atom is -0.494 e. The van der Waals surface area contributed by atoms with Crippen molar-refractivity contribution in [2.75, 3.05) is 21.2 Å². The van der Waals surface area contributed by atoms with Gasteiger partial charge in [0.05, 0.1) is 37.4 Å². The van der Waals surface area contributed by atoms with E-state index in [2.05, 4.69) is 11.1 Å². The lowest BCUT2D eigenvalue weighted by Crippen LogP contribution is -2.44. The standard InChI is InChI=1S/C29H26F5N3O3.CH5N/c1-17-25(19-11-7-14-24(40-3)26(19)31)27(38)37(16-23(35-2)18-9-5-4-6-10-18)28(39)36(17)15-20-21(29(32,33)34)12-8-13-22(20)30;1-2/h4-14,23,35H,15-16H2,1-3H3;2H2,1H3/t23-;/m0./s1. The smallest absolute Gasteiger partial charge is 0.416 e. The topological polar surface area (TPSA) is 91.3 Å². The molecular formula is C30H31F5N4O3. The number of alkyl halides is 3. The van der Waals surface area contributed by atoms with E-state index in [1.54, 1.807) is 37.4 Å². The maximum absolute atomic E-state index is 15.4. The fourth-order valence-electron chi connectivity index (χ4n) is 4.69. The average Bonchev–Trinajstić information content (AvgIpc) is 2.98. The first kappa shape index (κ1) is 32.2. The van der Waals surface area contributed by atoms with Gasteiger partial charge in [0.25, 0.3) is 5.56 Å². The summed E-state index contributed by atoms with van der Waals surface area (Å²) in [6, 6.07) is 14.9. The zero-order valence-electron chi connectivity index (χ0n) is 23.4. The molecule has 7 nitrogen and oxygen atoms in total. The quantitative estimate of drug-likeness (QED) is 0.286. The number of aromatic nitrogens is 2. The zero-order chi connectivity index (χ0) is 31.2. The van der Waals surface area contributed by atoms with Gasteiger partial charge in [-0.3, -0.25) is 13.9 Å². The fourth-order valence-corrected chi connectivity index (χ4v) is 4.69. The highest BCUT2D eigenvalue weighted by Gasteiger charge is 2.35. The number of ether oxygens (including phenoxy) is 1. The number of likely N-dealkylation sites (N-methyl/N-ethyl adjacent to an activating group) is 1. The number of hydrogen-bond donors (Lipinski definition) is 2. The Morgan fingerprint density at radius 2 is 1.57 bits per heavy atom. The summed E-state index contributed by atoms with van der Waals surface area (Å²) in [5.74, 6) is -2.24. The normalized spacial score (nSPS) is 12.0. The maximum Gasteiger partial charge on any atom is 0.416 e. The molecule has 1 heterocycles. The van der Waals surface area contributed by atoms with E-state index in [0.717, 1.165) is 26.8 Å². The van der Waals surface area contributed by atoms with Crippen LogP contribution in [0.3, 0.4) is 0 Å². The van der Waals surface area contributed by atoms with Gasteiger partial charge in [-0.05, 0) is 44.8 Å². The second-order valence-electron chi connectivity index (χ2n) is 9.08.